The van der Waals surface area contributed by atoms with Gasteiger partial charge in [-0.25, -0.2) is 0 Å². The Labute approximate surface area is 157 Å². The van der Waals surface area contributed by atoms with E-state index in [0.717, 1.165) is 11.1 Å². The number of amides is 2. The molecule has 0 fully saturated rings. The predicted octanol–water partition coefficient (Wildman–Crippen LogP) is 4.39. The number of nitrogens with one attached hydrogen (secondary N) is 1. The summed E-state index contributed by atoms with van der Waals surface area (Å²) in [5.41, 5.74) is 3.45. The maximum Gasteiger partial charge on any atom is 0.251 e. The molecule has 0 aliphatic carbocycles. The van der Waals surface area contributed by atoms with Crippen LogP contribution in [-0.4, -0.2) is 24.9 Å². The molecule has 25 heavy (non-hydrogen) atoms. The minimum atomic E-state index is -0.166. The van der Waals surface area contributed by atoms with Crippen molar-refractivity contribution in [2.45, 2.75) is 20.8 Å². The molecule has 0 radical (unpaired) electrons. The number of halogens is 2. The second kappa shape index (κ2) is 8.37. The van der Waals surface area contributed by atoms with E-state index in [0.29, 0.717) is 34.4 Å². The van der Waals surface area contributed by atoms with Crippen LogP contribution >= 0.6 is 23.2 Å². The van der Waals surface area contributed by atoms with Crippen LogP contribution in [0, 0.1) is 13.8 Å². The van der Waals surface area contributed by atoms with Gasteiger partial charge in [0, 0.05) is 31.3 Å². The third-order valence-corrected chi connectivity index (χ3v) is 4.72. The fourth-order valence-electron chi connectivity index (χ4n) is 2.39. The summed E-state index contributed by atoms with van der Waals surface area (Å²) in [6, 6.07) is 10.6. The molecule has 0 aliphatic rings. The second-order valence-electron chi connectivity index (χ2n) is 5.82. The molecule has 0 unspecified atom stereocenters. The van der Waals surface area contributed by atoms with Gasteiger partial charge in [0.15, 0.2) is 0 Å². The standard InChI is InChI=1S/C19H20Cl2N2O2/c1-12-4-5-15(10-13(12)2)19(25)22-8-9-23(14(3)24)16-6-7-17(20)18(21)11-16/h4-7,10-11H,8-9H2,1-3H3,(H,22,25). The largest absolute Gasteiger partial charge is 0.350 e. The van der Waals surface area contributed by atoms with Gasteiger partial charge < -0.3 is 10.2 Å². The molecule has 2 aromatic rings. The normalized spacial score (nSPS) is 10.4. The van der Waals surface area contributed by atoms with Crippen LogP contribution in [0.15, 0.2) is 36.4 Å². The van der Waals surface area contributed by atoms with Gasteiger partial charge in [0.2, 0.25) is 5.91 Å². The average molecular weight is 379 g/mol. The van der Waals surface area contributed by atoms with Crippen molar-refractivity contribution in [3.05, 3.63) is 63.1 Å². The predicted molar refractivity (Wildman–Crippen MR) is 103 cm³/mol. The second-order valence-corrected chi connectivity index (χ2v) is 6.64. The van der Waals surface area contributed by atoms with E-state index < -0.39 is 0 Å². The fourth-order valence-corrected chi connectivity index (χ4v) is 2.68. The van der Waals surface area contributed by atoms with E-state index in [-0.39, 0.29) is 11.8 Å². The molecule has 0 bridgehead atoms. The lowest BCUT2D eigenvalue weighted by molar-refractivity contribution is -0.116. The molecule has 0 spiro atoms. The number of nitrogens with zero attached hydrogens (tertiary/aromatic N) is 1. The number of aryl methyl sites for hydroxylation is 2. The first-order chi connectivity index (χ1) is 11.8. The van der Waals surface area contributed by atoms with Crippen molar-refractivity contribution < 1.29 is 9.59 Å². The zero-order valence-corrected chi connectivity index (χ0v) is 15.9. The summed E-state index contributed by atoms with van der Waals surface area (Å²) in [7, 11) is 0. The summed E-state index contributed by atoms with van der Waals surface area (Å²) in [6.45, 7) is 6.09. The highest BCUT2D eigenvalue weighted by Gasteiger charge is 2.14. The molecule has 0 atom stereocenters. The van der Waals surface area contributed by atoms with Crippen LogP contribution in [0.2, 0.25) is 10.0 Å². The Bertz CT molecular complexity index is 806. The summed E-state index contributed by atoms with van der Waals surface area (Å²) < 4.78 is 0. The molecule has 6 heteroatoms. The zero-order valence-electron chi connectivity index (χ0n) is 14.4. The van der Waals surface area contributed by atoms with Crippen LogP contribution in [0.25, 0.3) is 0 Å². The summed E-state index contributed by atoms with van der Waals surface area (Å²) >= 11 is 11.9. The minimum Gasteiger partial charge on any atom is -0.350 e. The van der Waals surface area contributed by atoms with Gasteiger partial charge in [-0.2, -0.15) is 0 Å². The third-order valence-electron chi connectivity index (χ3n) is 3.99. The van der Waals surface area contributed by atoms with Gasteiger partial charge in [-0.05, 0) is 55.3 Å². The Morgan fingerprint density at radius 2 is 1.72 bits per heavy atom. The van der Waals surface area contributed by atoms with Gasteiger partial charge >= 0.3 is 0 Å². The number of benzene rings is 2. The molecule has 2 aromatic carbocycles. The monoisotopic (exact) mass is 378 g/mol. The van der Waals surface area contributed by atoms with Crippen molar-refractivity contribution in [3.8, 4) is 0 Å². The molecule has 132 valence electrons. The van der Waals surface area contributed by atoms with Gasteiger partial charge in [0.05, 0.1) is 10.0 Å². The van der Waals surface area contributed by atoms with E-state index >= 15 is 0 Å². The van der Waals surface area contributed by atoms with Crippen molar-refractivity contribution >= 4 is 40.7 Å². The van der Waals surface area contributed by atoms with E-state index in [9.17, 15) is 9.59 Å². The number of carbonyl (C=O) groups excluding carboxylic acids is 2. The molecule has 0 saturated heterocycles. The lowest BCUT2D eigenvalue weighted by atomic mass is 10.1. The number of carbonyl (C=O) groups is 2. The van der Waals surface area contributed by atoms with Gasteiger partial charge in [-0.3, -0.25) is 9.59 Å². The third kappa shape index (κ3) is 4.97. The highest BCUT2D eigenvalue weighted by Crippen LogP contribution is 2.27. The average Bonchev–Trinajstić information content (AvgIpc) is 2.56. The van der Waals surface area contributed by atoms with Gasteiger partial charge in [-0.1, -0.05) is 29.3 Å². The lowest BCUT2D eigenvalue weighted by Crippen LogP contribution is -2.37. The molecule has 4 nitrogen and oxygen atoms in total. The topological polar surface area (TPSA) is 49.4 Å². The summed E-state index contributed by atoms with van der Waals surface area (Å²) in [6.07, 6.45) is 0. The molecule has 2 rings (SSSR count). The van der Waals surface area contributed by atoms with E-state index in [1.165, 1.54) is 6.92 Å². The molecule has 1 N–H and O–H groups in total. The van der Waals surface area contributed by atoms with Crippen LogP contribution in [-0.2, 0) is 4.79 Å². The Balaban J connectivity index is 2.01. The smallest absolute Gasteiger partial charge is 0.251 e. The van der Waals surface area contributed by atoms with Crippen molar-refractivity contribution in [3.63, 3.8) is 0 Å². The summed E-state index contributed by atoms with van der Waals surface area (Å²) in [4.78, 5) is 25.7. The van der Waals surface area contributed by atoms with Crippen molar-refractivity contribution in [2.24, 2.45) is 0 Å². The van der Waals surface area contributed by atoms with Gasteiger partial charge in [0.25, 0.3) is 5.91 Å². The summed E-state index contributed by atoms with van der Waals surface area (Å²) in [5.74, 6) is -0.306. The van der Waals surface area contributed by atoms with Crippen LogP contribution in [0.3, 0.4) is 0 Å². The number of anilines is 1. The molecule has 0 aliphatic heterocycles. The quantitative estimate of drug-likeness (QED) is 0.838. The maximum atomic E-state index is 12.2. The van der Waals surface area contributed by atoms with E-state index in [1.54, 1.807) is 29.2 Å². The highest BCUT2D eigenvalue weighted by atomic mass is 35.5. The van der Waals surface area contributed by atoms with E-state index in [4.69, 9.17) is 23.2 Å². The molecular weight excluding hydrogens is 359 g/mol. The van der Waals surface area contributed by atoms with Crippen LogP contribution in [0.1, 0.15) is 28.4 Å². The summed E-state index contributed by atoms with van der Waals surface area (Å²) in [5, 5.41) is 3.64. The first-order valence-corrected chi connectivity index (χ1v) is 8.64. The Morgan fingerprint density at radius 1 is 1.00 bits per heavy atom. The number of hydrogen-bond acceptors (Lipinski definition) is 2. The van der Waals surface area contributed by atoms with Crippen LogP contribution in [0.4, 0.5) is 5.69 Å². The maximum absolute atomic E-state index is 12.2. The minimum absolute atomic E-state index is 0.140. The number of rotatable bonds is 5. The lowest BCUT2D eigenvalue weighted by Gasteiger charge is -2.22. The molecule has 0 aromatic heterocycles. The number of hydrogen-bond donors (Lipinski definition) is 1. The van der Waals surface area contributed by atoms with Crippen molar-refractivity contribution in [1.82, 2.24) is 5.32 Å². The Hall–Kier alpha value is -2.04. The highest BCUT2D eigenvalue weighted by molar-refractivity contribution is 6.42. The van der Waals surface area contributed by atoms with E-state index in [1.807, 2.05) is 26.0 Å². The van der Waals surface area contributed by atoms with Crippen molar-refractivity contribution in [2.75, 3.05) is 18.0 Å². The van der Waals surface area contributed by atoms with Gasteiger partial charge in [0.1, 0.15) is 0 Å². The Kier molecular flexibility index (Phi) is 6.45. The molecule has 2 amide bonds. The van der Waals surface area contributed by atoms with E-state index in [2.05, 4.69) is 5.32 Å². The van der Waals surface area contributed by atoms with Crippen molar-refractivity contribution in [1.29, 1.82) is 0 Å². The fraction of sp³-hybridized carbons (Fsp3) is 0.263. The first kappa shape index (κ1) is 19.3. The SMILES string of the molecule is CC(=O)N(CCNC(=O)c1ccc(C)c(C)c1)c1ccc(Cl)c(Cl)c1. The van der Waals surface area contributed by atoms with Crippen LogP contribution in [0.5, 0.6) is 0 Å². The van der Waals surface area contributed by atoms with Gasteiger partial charge in [-0.15, -0.1) is 0 Å². The zero-order chi connectivity index (χ0) is 18.6. The molecular formula is C19H20Cl2N2O2. The first-order valence-electron chi connectivity index (χ1n) is 7.88. The Morgan fingerprint density at radius 3 is 2.32 bits per heavy atom. The van der Waals surface area contributed by atoms with Crippen LogP contribution < -0.4 is 10.2 Å². The molecule has 0 saturated carbocycles. The molecule has 0 heterocycles.